The molecule has 5 heteroatoms. The average Bonchev–Trinajstić information content (AvgIpc) is 2.22. The van der Waals surface area contributed by atoms with Gasteiger partial charge in [-0.05, 0) is 25.5 Å². The summed E-state index contributed by atoms with van der Waals surface area (Å²) in [5.74, 6) is 1.37. The second-order valence-electron chi connectivity index (χ2n) is 3.80. The number of aryl methyl sites for hydroxylation is 2. The van der Waals surface area contributed by atoms with Crippen LogP contribution in [0.1, 0.15) is 11.4 Å². The first-order chi connectivity index (χ1) is 8.04. The van der Waals surface area contributed by atoms with Gasteiger partial charge in [0, 0.05) is 11.8 Å². The van der Waals surface area contributed by atoms with Gasteiger partial charge in [-0.25, -0.2) is 4.98 Å². The van der Waals surface area contributed by atoms with E-state index < -0.39 is 0 Å². The Labute approximate surface area is 98.3 Å². The van der Waals surface area contributed by atoms with E-state index in [1.54, 1.807) is 19.1 Å². The second kappa shape index (κ2) is 4.29. The van der Waals surface area contributed by atoms with Gasteiger partial charge in [-0.2, -0.15) is 0 Å². The van der Waals surface area contributed by atoms with E-state index in [0.29, 0.717) is 17.3 Å². The van der Waals surface area contributed by atoms with Crippen LogP contribution in [0.25, 0.3) is 0 Å². The van der Waals surface area contributed by atoms with Gasteiger partial charge in [-0.15, -0.1) is 0 Å². The fourth-order valence-corrected chi connectivity index (χ4v) is 1.44. The van der Waals surface area contributed by atoms with Gasteiger partial charge in [0.05, 0.1) is 6.07 Å². The van der Waals surface area contributed by atoms with Gasteiger partial charge in [0.1, 0.15) is 11.6 Å². The van der Waals surface area contributed by atoms with Crippen LogP contribution in [0.4, 0.5) is 5.69 Å². The normalized spacial score (nSPS) is 10.2. The molecule has 0 amide bonds. The Morgan fingerprint density at radius 3 is 2.76 bits per heavy atom. The second-order valence-corrected chi connectivity index (χ2v) is 3.80. The van der Waals surface area contributed by atoms with E-state index in [-0.39, 0.29) is 11.4 Å². The zero-order chi connectivity index (χ0) is 12.4. The number of aromatic nitrogens is 2. The Morgan fingerprint density at radius 2 is 2.06 bits per heavy atom. The van der Waals surface area contributed by atoms with Crippen LogP contribution in [0.3, 0.4) is 0 Å². The zero-order valence-electron chi connectivity index (χ0n) is 9.65. The minimum atomic E-state index is -0.242. The molecule has 0 fully saturated rings. The van der Waals surface area contributed by atoms with E-state index in [2.05, 4.69) is 9.97 Å². The lowest BCUT2D eigenvalue weighted by molar-refractivity contribution is 0.455. The molecule has 0 aliphatic carbocycles. The van der Waals surface area contributed by atoms with Crippen molar-refractivity contribution in [3.8, 4) is 11.6 Å². The number of aromatic amines is 1. The van der Waals surface area contributed by atoms with E-state index >= 15 is 0 Å². The molecule has 0 atom stereocenters. The molecule has 1 aromatic carbocycles. The number of nitrogens with one attached hydrogen (secondary N) is 1. The summed E-state index contributed by atoms with van der Waals surface area (Å²) in [6.07, 6.45) is 0. The summed E-state index contributed by atoms with van der Waals surface area (Å²) in [4.78, 5) is 17.9. The summed E-state index contributed by atoms with van der Waals surface area (Å²) < 4.78 is 5.54. The van der Waals surface area contributed by atoms with Crippen LogP contribution >= 0.6 is 0 Å². The monoisotopic (exact) mass is 231 g/mol. The molecule has 0 aliphatic heterocycles. The molecule has 5 nitrogen and oxygen atoms in total. The number of nitrogens with two attached hydrogens (primary N) is 1. The summed E-state index contributed by atoms with van der Waals surface area (Å²) >= 11 is 0. The van der Waals surface area contributed by atoms with Crippen molar-refractivity contribution in [2.45, 2.75) is 13.8 Å². The first kappa shape index (κ1) is 11.2. The molecule has 1 heterocycles. The zero-order valence-corrected chi connectivity index (χ0v) is 9.65. The largest absolute Gasteiger partial charge is 0.438 e. The van der Waals surface area contributed by atoms with Crippen LogP contribution in [-0.2, 0) is 0 Å². The van der Waals surface area contributed by atoms with E-state index in [4.69, 9.17) is 10.5 Å². The summed E-state index contributed by atoms with van der Waals surface area (Å²) in [6, 6.07) is 6.65. The minimum absolute atomic E-state index is 0.242. The number of anilines is 1. The maximum Gasteiger partial charge on any atom is 0.254 e. The highest BCUT2D eigenvalue weighted by atomic mass is 16.5. The number of H-pyrrole nitrogens is 1. The smallest absolute Gasteiger partial charge is 0.254 e. The number of hydrogen-bond acceptors (Lipinski definition) is 4. The number of nitrogens with zero attached hydrogens (tertiary/aromatic N) is 1. The fourth-order valence-electron chi connectivity index (χ4n) is 1.44. The lowest BCUT2D eigenvalue weighted by Gasteiger charge is -2.08. The molecule has 88 valence electrons. The molecular weight excluding hydrogens is 218 g/mol. The first-order valence-corrected chi connectivity index (χ1v) is 5.16. The van der Waals surface area contributed by atoms with E-state index in [0.717, 1.165) is 5.56 Å². The summed E-state index contributed by atoms with van der Waals surface area (Å²) in [7, 11) is 0. The molecule has 0 spiro atoms. The topological polar surface area (TPSA) is 81.0 Å². The Balaban J connectivity index is 2.37. The summed E-state index contributed by atoms with van der Waals surface area (Å²) in [6.45, 7) is 3.59. The van der Waals surface area contributed by atoms with E-state index in [9.17, 15) is 4.79 Å². The predicted molar refractivity (Wildman–Crippen MR) is 65.3 cm³/mol. The van der Waals surface area contributed by atoms with Crippen LogP contribution in [0.15, 0.2) is 29.1 Å². The highest BCUT2D eigenvalue weighted by molar-refractivity contribution is 5.48. The summed E-state index contributed by atoms with van der Waals surface area (Å²) in [5.41, 5.74) is 6.96. The maximum absolute atomic E-state index is 11.3. The van der Waals surface area contributed by atoms with Gasteiger partial charge in [0.25, 0.3) is 5.56 Å². The Morgan fingerprint density at radius 1 is 1.29 bits per heavy atom. The molecule has 3 N–H and O–H groups in total. The highest BCUT2D eigenvalue weighted by Gasteiger charge is 2.04. The van der Waals surface area contributed by atoms with E-state index in [1.807, 2.05) is 13.0 Å². The van der Waals surface area contributed by atoms with Crippen molar-refractivity contribution < 1.29 is 4.74 Å². The number of benzene rings is 1. The fraction of sp³-hybridized carbons (Fsp3) is 0.167. The Hall–Kier alpha value is -2.30. The average molecular weight is 231 g/mol. The van der Waals surface area contributed by atoms with Gasteiger partial charge < -0.3 is 15.5 Å². The molecule has 0 unspecified atom stereocenters. The van der Waals surface area contributed by atoms with Crippen molar-refractivity contribution in [3.05, 3.63) is 46.0 Å². The maximum atomic E-state index is 11.3. The van der Waals surface area contributed by atoms with Crippen LogP contribution in [0.2, 0.25) is 0 Å². The van der Waals surface area contributed by atoms with Crippen LogP contribution < -0.4 is 16.0 Å². The standard InChI is InChI=1S/C12H13N3O2/c1-7-3-4-9(13)5-10(7)17-12-6-11(16)14-8(2)15-12/h3-6H,13H2,1-2H3,(H,14,15,16). The predicted octanol–water partition coefficient (Wildman–Crippen LogP) is 1.76. The lowest BCUT2D eigenvalue weighted by atomic mass is 10.2. The molecule has 2 rings (SSSR count). The molecule has 17 heavy (non-hydrogen) atoms. The van der Waals surface area contributed by atoms with Crippen molar-refractivity contribution in [3.63, 3.8) is 0 Å². The van der Waals surface area contributed by atoms with Gasteiger partial charge in [-0.3, -0.25) is 4.79 Å². The number of nitrogen functional groups attached to an aromatic ring is 1. The first-order valence-electron chi connectivity index (χ1n) is 5.16. The van der Waals surface area contributed by atoms with Crippen molar-refractivity contribution in [2.24, 2.45) is 0 Å². The number of rotatable bonds is 2. The van der Waals surface area contributed by atoms with Crippen LogP contribution in [-0.4, -0.2) is 9.97 Å². The van der Waals surface area contributed by atoms with Crippen molar-refractivity contribution in [1.82, 2.24) is 9.97 Å². The molecule has 0 saturated carbocycles. The molecule has 0 saturated heterocycles. The van der Waals surface area contributed by atoms with Gasteiger partial charge in [0.2, 0.25) is 5.88 Å². The third kappa shape index (κ3) is 2.63. The van der Waals surface area contributed by atoms with Crippen molar-refractivity contribution >= 4 is 5.69 Å². The molecule has 0 aliphatic rings. The van der Waals surface area contributed by atoms with Crippen molar-refractivity contribution in [2.75, 3.05) is 5.73 Å². The van der Waals surface area contributed by atoms with Crippen LogP contribution in [0.5, 0.6) is 11.6 Å². The Kier molecular flexibility index (Phi) is 2.82. The van der Waals surface area contributed by atoms with Gasteiger partial charge in [0.15, 0.2) is 0 Å². The number of hydrogen-bond donors (Lipinski definition) is 2. The highest BCUT2D eigenvalue weighted by Crippen LogP contribution is 2.25. The van der Waals surface area contributed by atoms with E-state index in [1.165, 1.54) is 6.07 Å². The summed E-state index contributed by atoms with van der Waals surface area (Å²) in [5, 5.41) is 0. The molecule has 1 aromatic heterocycles. The molecule has 0 radical (unpaired) electrons. The molecular formula is C12H13N3O2. The minimum Gasteiger partial charge on any atom is -0.438 e. The molecule has 0 bridgehead atoms. The quantitative estimate of drug-likeness (QED) is 0.772. The number of ether oxygens (including phenoxy) is 1. The van der Waals surface area contributed by atoms with Gasteiger partial charge >= 0.3 is 0 Å². The third-order valence-electron chi connectivity index (χ3n) is 2.26. The Bertz CT molecular complexity index is 605. The SMILES string of the molecule is Cc1nc(Oc2cc(N)ccc2C)cc(=O)[nH]1. The van der Waals surface area contributed by atoms with Gasteiger partial charge in [-0.1, -0.05) is 6.07 Å². The molecule has 2 aromatic rings. The third-order valence-corrected chi connectivity index (χ3v) is 2.26. The lowest BCUT2D eigenvalue weighted by Crippen LogP contribution is -2.08. The van der Waals surface area contributed by atoms with Crippen molar-refractivity contribution in [1.29, 1.82) is 0 Å². The van der Waals surface area contributed by atoms with Crippen LogP contribution in [0, 0.1) is 13.8 Å².